The average molecular weight is 322 g/mol. The first-order chi connectivity index (χ1) is 11.7. The van der Waals surface area contributed by atoms with Gasteiger partial charge in [-0.15, -0.1) is 0 Å². The lowest BCUT2D eigenvalue weighted by Crippen LogP contribution is -2.68. The Morgan fingerprint density at radius 1 is 1.42 bits per heavy atom. The van der Waals surface area contributed by atoms with E-state index in [9.17, 15) is 4.79 Å². The van der Waals surface area contributed by atoms with E-state index in [1.165, 1.54) is 24.0 Å². The molecular weight excluding hydrogens is 300 g/mol. The molecule has 1 saturated carbocycles. The van der Waals surface area contributed by atoms with Gasteiger partial charge >= 0.3 is 5.97 Å². The summed E-state index contributed by atoms with van der Waals surface area (Å²) in [6.07, 6.45) is 4.17. The van der Waals surface area contributed by atoms with E-state index >= 15 is 0 Å². The van der Waals surface area contributed by atoms with Crippen LogP contribution in [0.2, 0.25) is 0 Å². The van der Waals surface area contributed by atoms with E-state index in [1.54, 1.807) is 0 Å². The molecule has 3 heterocycles. The minimum absolute atomic E-state index is 0.0717. The summed E-state index contributed by atoms with van der Waals surface area (Å²) in [5.41, 5.74) is 4.64. The van der Waals surface area contributed by atoms with E-state index in [-0.39, 0.29) is 23.2 Å². The standard InChI is InChI=1S/C20H22N2O2/c1-3-12-11-22-9-8-20-14-6-4-5-7-15(14)21-18(20)16(22)10-13(12)17(20)19(23)24-2/h3-7,13,16-17H,8-11H2,1-2H3/b12-3-/t13-,16-,17?,20-/m1/s1. The highest BCUT2D eigenvalue weighted by Gasteiger charge is 2.65. The van der Waals surface area contributed by atoms with Gasteiger partial charge in [-0.2, -0.15) is 0 Å². The molecule has 0 spiro atoms. The van der Waals surface area contributed by atoms with E-state index in [4.69, 9.17) is 9.73 Å². The maximum absolute atomic E-state index is 12.9. The van der Waals surface area contributed by atoms with Crippen LogP contribution >= 0.6 is 0 Å². The fraction of sp³-hybridized carbons (Fsp3) is 0.500. The minimum Gasteiger partial charge on any atom is -0.469 e. The number of para-hydroxylation sites is 1. The molecule has 4 nitrogen and oxygen atoms in total. The normalized spacial score (nSPS) is 37.8. The van der Waals surface area contributed by atoms with Crippen molar-refractivity contribution in [1.29, 1.82) is 0 Å². The van der Waals surface area contributed by atoms with Gasteiger partial charge in [0, 0.05) is 24.8 Å². The van der Waals surface area contributed by atoms with Crippen molar-refractivity contribution >= 4 is 17.4 Å². The monoisotopic (exact) mass is 322 g/mol. The molecule has 1 aliphatic carbocycles. The molecule has 3 aliphatic heterocycles. The maximum Gasteiger partial charge on any atom is 0.310 e. The largest absolute Gasteiger partial charge is 0.469 e. The second-order valence-electron chi connectivity index (χ2n) is 7.43. The Bertz CT molecular complexity index is 797. The summed E-state index contributed by atoms with van der Waals surface area (Å²) in [6.45, 7) is 4.09. The summed E-state index contributed by atoms with van der Waals surface area (Å²) < 4.78 is 5.31. The number of esters is 1. The van der Waals surface area contributed by atoms with Crippen molar-refractivity contribution < 1.29 is 9.53 Å². The van der Waals surface area contributed by atoms with Gasteiger partial charge in [0.1, 0.15) is 0 Å². The van der Waals surface area contributed by atoms with Crippen LogP contribution < -0.4 is 0 Å². The quantitative estimate of drug-likeness (QED) is 0.590. The molecule has 5 rings (SSSR count). The highest BCUT2D eigenvalue weighted by molar-refractivity contribution is 6.09. The van der Waals surface area contributed by atoms with Crippen LogP contribution in [0.15, 0.2) is 40.9 Å². The molecule has 0 N–H and O–H groups in total. The van der Waals surface area contributed by atoms with Gasteiger partial charge in [0.25, 0.3) is 0 Å². The summed E-state index contributed by atoms with van der Waals surface area (Å²) in [7, 11) is 1.52. The van der Waals surface area contributed by atoms with Gasteiger partial charge in [-0.25, -0.2) is 0 Å². The Balaban J connectivity index is 1.79. The number of carbonyl (C=O) groups is 1. The van der Waals surface area contributed by atoms with Crippen molar-refractivity contribution in [3.05, 3.63) is 41.5 Å². The number of methoxy groups -OCH3 is 1. The van der Waals surface area contributed by atoms with E-state index < -0.39 is 0 Å². The van der Waals surface area contributed by atoms with Crippen molar-refractivity contribution in [2.45, 2.75) is 31.2 Å². The molecule has 3 fully saturated rings. The van der Waals surface area contributed by atoms with Crippen molar-refractivity contribution in [3.8, 4) is 0 Å². The van der Waals surface area contributed by atoms with Crippen LogP contribution in [0.4, 0.5) is 5.69 Å². The highest BCUT2D eigenvalue weighted by Crippen LogP contribution is 2.60. The van der Waals surface area contributed by atoms with Gasteiger partial charge < -0.3 is 4.74 Å². The predicted octanol–water partition coefficient (Wildman–Crippen LogP) is 2.85. The molecule has 4 aliphatic rings. The Hall–Kier alpha value is -1.94. The van der Waals surface area contributed by atoms with Gasteiger partial charge in [-0.05, 0) is 37.3 Å². The summed E-state index contributed by atoms with van der Waals surface area (Å²) in [4.78, 5) is 20.5. The molecule has 1 unspecified atom stereocenters. The first-order valence-electron chi connectivity index (χ1n) is 8.86. The first kappa shape index (κ1) is 14.4. The molecule has 4 atom stereocenters. The smallest absolute Gasteiger partial charge is 0.310 e. The van der Waals surface area contributed by atoms with E-state index in [2.05, 4.69) is 36.1 Å². The third-order valence-corrected chi connectivity index (χ3v) is 6.73. The Kier molecular flexibility index (Phi) is 2.88. The number of allylic oxidation sites excluding steroid dienone is 1. The fourth-order valence-electron chi connectivity index (χ4n) is 5.77. The first-order valence-corrected chi connectivity index (χ1v) is 8.86. The van der Waals surface area contributed by atoms with Crippen LogP contribution in [0.3, 0.4) is 0 Å². The van der Waals surface area contributed by atoms with Gasteiger partial charge in [-0.1, -0.05) is 29.8 Å². The second-order valence-corrected chi connectivity index (χ2v) is 7.43. The Morgan fingerprint density at radius 3 is 3.04 bits per heavy atom. The molecule has 3 bridgehead atoms. The minimum atomic E-state index is -0.261. The third kappa shape index (κ3) is 1.53. The summed E-state index contributed by atoms with van der Waals surface area (Å²) in [5, 5.41) is 0. The van der Waals surface area contributed by atoms with Gasteiger partial charge in [0.05, 0.1) is 24.1 Å². The molecule has 1 aromatic rings. The van der Waals surface area contributed by atoms with E-state index in [1.807, 2.05) is 6.07 Å². The zero-order valence-corrected chi connectivity index (χ0v) is 14.2. The van der Waals surface area contributed by atoms with Gasteiger partial charge in [-0.3, -0.25) is 14.7 Å². The number of hydrogen-bond donors (Lipinski definition) is 0. The predicted molar refractivity (Wildman–Crippen MR) is 92.6 cm³/mol. The van der Waals surface area contributed by atoms with Crippen LogP contribution in [0, 0.1) is 11.8 Å². The number of benzene rings is 1. The molecule has 24 heavy (non-hydrogen) atoms. The number of rotatable bonds is 1. The van der Waals surface area contributed by atoms with Crippen molar-refractivity contribution in [2.75, 3.05) is 20.2 Å². The number of aliphatic imine (C=N–C) groups is 1. The lowest BCUT2D eigenvalue weighted by Gasteiger charge is -2.59. The van der Waals surface area contributed by atoms with Crippen LogP contribution in [-0.4, -0.2) is 42.8 Å². The van der Waals surface area contributed by atoms with Crippen LogP contribution in [0.5, 0.6) is 0 Å². The molecule has 124 valence electrons. The number of nitrogens with zero attached hydrogens (tertiary/aromatic N) is 2. The van der Waals surface area contributed by atoms with Crippen LogP contribution in [0.1, 0.15) is 25.3 Å². The summed E-state index contributed by atoms with van der Waals surface area (Å²) in [5.74, 6) is 0.0569. The van der Waals surface area contributed by atoms with Crippen molar-refractivity contribution in [2.24, 2.45) is 16.8 Å². The third-order valence-electron chi connectivity index (χ3n) is 6.73. The van der Waals surface area contributed by atoms with Gasteiger partial charge in [0.2, 0.25) is 0 Å². The number of fused-ring (bicyclic) bond motifs is 2. The zero-order valence-electron chi connectivity index (χ0n) is 14.2. The van der Waals surface area contributed by atoms with E-state index in [0.29, 0.717) is 6.04 Å². The number of hydrogen-bond acceptors (Lipinski definition) is 4. The molecule has 0 amide bonds. The number of ether oxygens (including phenoxy) is 1. The SMILES string of the molecule is C/C=C1/CN2CC[C@@]34C(=Nc5ccccc53)[C@H]2C[C@H]1C4C(=O)OC. The highest BCUT2D eigenvalue weighted by atomic mass is 16.5. The summed E-state index contributed by atoms with van der Waals surface area (Å²) >= 11 is 0. The Labute approximate surface area is 142 Å². The second kappa shape index (κ2) is 4.79. The lowest BCUT2D eigenvalue weighted by atomic mass is 9.51. The molecule has 1 aromatic carbocycles. The van der Waals surface area contributed by atoms with Gasteiger partial charge in [0.15, 0.2) is 0 Å². The van der Waals surface area contributed by atoms with Crippen LogP contribution in [0.25, 0.3) is 0 Å². The molecule has 0 aromatic heterocycles. The topological polar surface area (TPSA) is 41.9 Å². The van der Waals surface area contributed by atoms with Crippen LogP contribution in [-0.2, 0) is 14.9 Å². The number of piperidine rings is 2. The molecular formula is C20H22N2O2. The lowest BCUT2D eigenvalue weighted by molar-refractivity contribution is -0.151. The van der Waals surface area contributed by atoms with Crippen molar-refractivity contribution in [3.63, 3.8) is 0 Å². The average Bonchev–Trinajstić information content (AvgIpc) is 2.96. The zero-order chi connectivity index (χ0) is 16.5. The number of carbonyl (C=O) groups excluding carboxylic acids is 1. The molecule has 0 radical (unpaired) electrons. The maximum atomic E-state index is 12.9. The van der Waals surface area contributed by atoms with E-state index in [0.717, 1.165) is 31.6 Å². The Morgan fingerprint density at radius 2 is 2.25 bits per heavy atom. The molecule has 4 heteroatoms. The van der Waals surface area contributed by atoms with Crippen molar-refractivity contribution in [1.82, 2.24) is 4.90 Å². The summed E-state index contributed by atoms with van der Waals surface area (Å²) in [6, 6.07) is 8.76. The molecule has 2 saturated heterocycles. The fourth-order valence-corrected chi connectivity index (χ4v) is 5.77.